The van der Waals surface area contributed by atoms with E-state index >= 15 is 0 Å². The number of aliphatic hydroxyl groups is 1. The summed E-state index contributed by atoms with van der Waals surface area (Å²) in [6, 6.07) is 6.96. The van der Waals surface area contributed by atoms with Crippen LogP contribution in [0.4, 0.5) is 4.39 Å². The number of rotatable bonds is 5. The van der Waals surface area contributed by atoms with E-state index in [9.17, 15) is 9.50 Å². The maximum Gasteiger partial charge on any atom is 0.123 e. The molecule has 112 valence electrons. The molecule has 2 atom stereocenters. The molecular weight excluding hydrogens is 253 g/mol. The minimum absolute atomic E-state index is 0.275. The van der Waals surface area contributed by atoms with E-state index in [1.165, 1.54) is 44.2 Å². The maximum atomic E-state index is 13.2. The van der Waals surface area contributed by atoms with Crippen LogP contribution in [0.3, 0.4) is 0 Å². The molecule has 0 spiro atoms. The molecule has 2 rings (SSSR count). The molecule has 0 amide bonds. The van der Waals surface area contributed by atoms with Gasteiger partial charge in [0.15, 0.2) is 0 Å². The minimum Gasteiger partial charge on any atom is -0.388 e. The van der Waals surface area contributed by atoms with Crippen LogP contribution in [0.25, 0.3) is 0 Å². The first-order chi connectivity index (χ1) is 9.70. The van der Waals surface area contributed by atoms with Gasteiger partial charge < -0.3 is 10.0 Å². The molecular formula is C17H26FNO. The number of nitrogens with zero attached hydrogens (tertiary/aromatic N) is 1. The third-order valence-corrected chi connectivity index (χ3v) is 4.39. The molecule has 1 aliphatic heterocycles. The third-order valence-electron chi connectivity index (χ3n) is 4.39. The molecule has 1 aromatic carbocycles. The first-order valence-electron chi connectivity index (χ1n) is 7.88. The Morgan fingerprint density at radius 1 is 1.35 bits per heavy atom. The van der Waals surface area contributed by atoms with Crippen LogP contribution in [0, 0.1) is 5.82 Å². The fourth-order valence-electron chi connectivity index (χ4n) is 3.16. The lowest BCUT2D eigenvalue weighted by Crippen LogP contribution is -2.35. The fraction of sp³-hybridized carbons (Fsp3) is 0.647. The van der Waals surface area contributed by atoms with Crippen molar-refractivity contribution >= 4 is 0 Å². The topological polar surface area (TPSA) is 23.5 Å². The molecule has 2 nitrogen and oxygen atoms in total. The van der Waals surface area contributed by atoms with Crippen LogP contribution in [-0.2, 0) is 0 Å². The Morgan fingerprint density at radius 2 is 2.20 bits per heavy atom. The molecule has 3 heteroatoms. The predicted octanol–water partition coefficient (Wildman–Crippen LogP) is 3.90. The van der Waals surface area contributed by atoms with Crippen LogP contribution < -0.4 is 0 Å². The number of likely N-dealkylation sites (tertiary alicyclic amines) is 1. The van der Waals surface area contributed by atoms with E-state index in [1.807, 2.05) is 0 Å². The van der Waals surface area contributed by atoms with Crippen LogP contribution in [0.5, 0.6) is 0 Å². The molecule has 1 saturated heterocycles. The third kappa shape index (κ3) is 4.29. The van der Waals surface area contributed by atoms with Crippen molar-refractivity contribution in [3.05, 3.63) is 35.6 Å². The number of halogens is 1. The van der Waals surface area contributed by atoms with Gasteiger partial charge in [-0.1, -0.05) is 31.9 Å². The Labute approximate surface area is 121 Å². The van der Waals surface area contributed by atoms with Gasteiger partial charge in [-0.15, -0.1) is 0 Å². The molecule has 0 aliphatic carbocycles. The lowest BCUT2D eigenvalue weighted by atomic mass is 10.0. The van der Waals surface area contributed by atoms with E-state index in [1.54, 1.807) is 12.1 Å². The van der Waals surface area contributed by atoms with Gasteiger partial charge in [0, 0.05) is 12.6 Å². The van der Waals surface area contributed by atoms with Gasteiger partial charge in [0.1, 0.15) is 5.82 Å². The van der Waals surface area contributed by atoms with E-state index in [0.717, 1.165) is 13.1 Å². The highest BCUT2D eigenvalue weighted by Crippen LogP contribution is 2.22. The number of aliphatic hydroxyl groups excluding tert-OH is 1. The first kappa shape index (κ1) is 15.5. The monoisotopic (exact) mass is 279 g/mol. The Morgan fingerprint density at radius 3 is 2.95 bits per heavy atom. The average molecular weight is 279 g/mol. The summed E-state index contributed by atoms with van der Waals surface area (Å²) in [6.07, 6.45) is 6.46. The predicted molar refractivity (Wildman–Crippen MR) is 80.1 cm³/mol. The number of hydrogen-bond donors (Lipinski definition) is 1. The van der Waals surface area contributed by atoms with Crippen molar-refractivity contribution in [3.63, 3.8) is 0 Å². The summed E-state index contributed by atoms with van der Waals surface area (Å²) in [5.41, 5.74) is 0.688. The summed E-state index contributed by atoms with van der Waals surface area (Å²) in [5, 5.41) is 10.2. The second-order valence-electron chi connectivity index (χ2n) is 5.81. The zero-order chi connectivity index (χ0) is 14.4. The van der Waals surface area contributed by atoms with Crippen LogP contribution in [0.1, 0.15) is 57.1 Å². The standard InChI is InChI=1S/C17H26FNO/c1-2-16-9-4-3-5-11-19(16)12-10-17(20)14-7-6-8-15(18)13-14/h6-8,13,16-17,20H,2-5,9-12H2,1H3. The molecule has 0 radical (unpaired) electrons. The molecule has 1 aliphatic rings. The van der Waals surface area contributed by atoms with E-state index in [-0.39, 0.29) is 5.82 Å². The Hall–Kier alpha value is -0.930. The van der Waals surface area contributed by atoms with Crippen LogP contribution in [0.15, 0.2) is 24.3 Å². The summed E-state index contributed by atoms with van der Waals surface area (Å²) in [4.78, 5) is 2.51. The van der Waals surface area contributed by atoms with Gasteiger partial charge >= 0.3 is 0 Å². The summed E-state index contributed by atoms with van der Waals surface area (Å²) >= 11 is 0. The largest absolute Gasteiger partial charge is 0.388 e. The van der Waals surface area contributed by atoms with Gasteiger partial charge in [-0.3, -0.25) is 0 Å². The van der Waals surface area contributed by atoms with Crippen LogP contribution in [0.2, 0.25) is 0 Å². The Balaban J connectivity index is 1.89. The van der Waals surface area contributed by atoms with Gasteiger partial charge in [0.2, 0.25) is 0 Å². The van der Waals surface area contributed by atoms with E-state index in [4.69, 9.17) is 0 Å². The van der Waals surface area contributed by atoms with Crippen molar-refractivity contribution in [2.75, 3.05) is 13.1 Å². The molecule has 1 aromatic rings. The van der Waals surface area contributed by atoms with Crippen molar-refractivity contribution in [2.45, 2.75) is 57.6 Å². The van der Waals surface area contributed by atoms with E-state index in [2.05, 4.69) is 11.8 Å². The number of hydrogen-bond acceptors (Lipinski definition) is 2. The van der Waals surface area contributed by atoms with E-state index < -0.39 is 6.10 Å². The molecule has 2 unspecified atom stereocenters. The number of benzene rings is 1. The highest BCUT2D eigenvalue weighted by molar-refractivity contribution is 5.18. The molecule has 1 fully saturated rings. The molecule has 0 aromatic heterocycles. The van der Waals surface area contributed by atoms with Crippen LogP contribution >= 0.6 is 0 Å². The van der Waals surface area contributed by atoms with Gasteiger partial charge in [-0.2, -0.15) is 0 Å². The van der Waals surface area contributed by atoms with Gasteiger partial charge in [-0.25, -0.2) is 4.39 Å². The van der Waals surface area contributed by atoms with Gasteiger partial charge in [0.25, 0.3) is 0 Å². The highest BCUT2D eigenvalue weighted by atomic mass is 19.1. The molecule has 1 heterocycles. The van der Waals surface area contributed by atoms with Crippen LogP contribution in [-0.4, -0.2) is 29.1 Å². The van der Waals surface area contributed by atoms with Gasteiger partial charge in [-0.05, 0) is 49.9 Å². The summed E-state index contributed by atoms with van der Waals surface area (Å²) in [5.74, 6) is -0.275. The fourth-order valence-corrected chi connectivity index (χ4v) is 3.16. The molecule has 0 saturated carbocycles. The van der Waals surface area contributed by atoms with E-state index in [0.29, 0.717) is 18.0 Å². The zero-order valence-corrected chi connectivity index (χ0v) is 12.4. The molecule has 1 N–H and O–H groups in total. The zero-order valence-electron chi connectivity index (χ0n) is 12.4. The summed E-state index contributed by atoms with van der Waals surface area (Å²) < 4.78 is 13.2. The van der Waals surface area contributed by atoms with Gasteiger partial charge in [0.05, 0.1) is 6.10 Å². The second kappa shape index (κ2) is 7.75. The van der Waals surface area contributed by atoms with Crippen molar-refractivity contribution in [3.8, 4) is 0 Å². The highest BCUT2D eigenvalue weighted by Gasteiger charge is 2.20. The maximum absolute atomic E-state index is 13.2. The van der Waals surface area contributed by atoms with Crippen molar-refractivity contribution in [1.82, 2.24) is 4.90 Å². The molecule has 0 bridgehead atoms. The van der Waals surface area contributed by atoms with Crippen molar-refractivity contribution < 1.29 is 9.50 Å². The summed E-state index contributed by atoms with van der Waals surface area (Å²) in [7, 11) is 0. The lowest BCUT2D eigenvalue weighted by Gasteiger charge is -2.29. The smallest absolute Gasteiger partial charge is 0.123 e. The SMILES string of the molecule is CCC1CCCCCN1CCC(O)c1cccc(F)c1. The summed E-state index contributed by atoms with van der Waals surface area (Å²) in [6.45, 7) is 4.27. The first-order valence-corrected chi connectivity index (χ1v) is 7.88. The van der Waals surface area contributed by atoms with Crippen molar-refractivity contribution in [2.24, 2.45) is 0 Å². The quantitative estimate of drug-likeness (QED) is 0.883. The average Bonchev–Trinajstić information content (AvgIpc) is 2.69. The normalized spacial score (nSPS) is 22.4. The molecule has 20 heavy (non-hydrogen) atoms. The lowest BCUT2D eigenvalue weighted by molar-refractivity contribution is 0.122. The minimum atomic E-state index is -0.563. The Kier molecular flexibility index (Phi) is 5.99. The van der Waals surface area contributed by atoms with Crippen molar-refractivity contribution in [1.29, 1.82) is 0 Å². The second-order valence-corrected chi connectivity index (χ2v) is 5.81. The Bertz CT molecular complexity index is 410.